The van der Waals surface area contributed by atoms with E-state index < -0.39 is 0 Å². The molecule has 0 aliphatic heterocycles. The van der Waals surface area contributed by atoms with Crippen molar-refractivity contribution < 1.29 is 0 Å². The summed E-state index contributed by atoms with van der Waals surface area (Å²) in [5.41, 5.74) is 2.27. The van der Waals surface area contributed by atoms with Gasteiger partial charge in [0.2, 0.25) is 0 Å². The molecule has 0 heterocycles. The fraction of sp³-hybridized carbons (Fsp3) is 0.333. The zero-order valence-electron chi connectivity index (χ0n) is 6.63. The standard InChI is InChI=1S/C9H12BrN/c1-11(8-10)7-9-5-3-2-4-6-9/h2-6H,7-8H2,1H3. The fourth-order valence-electron chi connectivity index (χ4n) is 0.937. The second-order valence-corrected chi connectivity index (χ2v) is 3.12. The topological polar surface area (TPSA) is 3.24 Å². The van der Waals surface area contributed by atoms with Crippen LogP contribution in [0, 0.1) is 0 Å². The van der Waals surface area contributed by atoms with Crippen LogP contribution in [0.15, 0.2) is 30.3 Å². The Bertz CT molecular complexity index is 198. The Morgan fingerprint density at radius 3 is 2.45 bits per heavy atom. The molecule has 0 saturated heterocycles. The second-order valence-electron chi connectivity index (χ2n) is 2.62. The third-order valence-corrected chi connectivity index (χ3v) is 2.36. The van der Waals surface area contributed by atoms with Crippen molar-refractivity contribution in [3.63, 3.8) is 0 Å². The largest absolute Gasteiger partial charge is 0.292 e. The van der Waals surface area contributed by atoms with Gasteiger partial charge in [0.05, 0.1) is 5.45 Å². The van der Waals surface area contributed by atoms with Gasteiger partial charge in [-0.25, -0.2) is 0 Å². The van der Waals surface area contributed by atoms with Crippen LogP contribution in [0.2, 0.25) is 0 Å². The van der Waals surface area contributed by atoms with Crippen molar-refractivity contribution >= 4 is 15.9 Å². The van der Waals surface area contributed by atoms with Gasteiger partial charge in [-0.15, -0.1) is 0 Å². The predicted molar refractivity (Wildman–Crippen MR) is 51.7 cm³/mol. The van der Waals surface area contributed by atoms with E-state index in [1.165, 1.54) is 5.56 Å². The lowest BCUT2D eigenvalue weighted by atomic mass is 10.2. The lowest BCUT2D eigenvalue weighted by molar-refractivity contribution is 0.390. The van der Waals surface area contributed by atoms with E-state index in [1.54, 1.807) is 0 Å². The summed E-state index contributed by atoms with van der Waals surface area (Å²) in [6.07, 6.45) is 0. The molecule has 0 N–H and O–H groups in total. The number of nitrogens with zero attached hydrogens (tertiary/aromatic N) is 1. The molecule has 0 atom stereocenters. The van der Waals surface area contributed by atoms with E-state index in [0.29, 0.717) is 0 Å². The smallest absolute Gasteiger partial charge is 0.0542 e. The predicted octanol–water partition coefficient (Wildman–Crippen LogP) is 2.47. The molecule has 0 fully saturated rings. The second kappa shape index (κ2) is 4.52. The SMILES string of the molecule is CN(CBr)Cc1ccccc1. The number of hydrogen-bond donors (Lipinski definition) is 0. The summed E-state index contributed by atoms with van der Waals surface area (Å²) in [5, 5.41) is 0. The molecule has 0 aliphatic rings. The molecule has 1 nitrogen and oxygen atoms in total. The van der Waals surface area contributed by atoms with Crippen molar-refractivity contribution in [2.75, 3.05) is 12.5 Å². The minimum absolute atomic E-state index is 0.919. The van der Waals surface area contributed by atoms with Gasteiger partial charge < -0.3 is 0 Å². The van der Waals surface area contributed by atoms with Gasteiger partial charge in [0.1, 0.15) is 0 Å². The maximum Gasteiger partial charge on any atom is 0.0542 e. The minimum atomic E-state index is 0.919. The van der Waals surface area contributed by atoms with Gasteiger partial charge in [0.15, 0.2) is 0 Å². The molecule has 0 saturated carbocycles. The molecule has 0 aromatic heterocycles. The van der Waals surface area contributed by atoms with E-state index >= 15 is 0 Å². The first-order valence-electron chi connectivity index (χ1n) is 3.61. The summed E-state index contributed by atoms with van der Waals surface area (Å²) in [4.78, 5) is 2.20. The van der Waals surface area contributed by atoms with E-state index in [0.717, 1.165) is 12.0 Å². The summed E-state index contributed by atoms with van der Waals surface area (Å²) in [6.45, 7) is 1.01. The van der Waals surface area contributed by atoms with Crippen LogP contribution in [0.5, 0.6) is 0 Å². The van der Waals surface area contributed by atoms with Crippen LogP contribution in [0.25, 0.3) is 0 Å². The van der Waals surface area contributed by atoms with Gasteiger partial charge in [-0.2, -0.15) is 0 Å². The Kier molecular flexibility index (Phi) is 3.60. The van der Waals surface area contributed by atoms with Gasteiger partial charge in [-0.3, -0.25) is 4.90 Å². The Morgan fingerprint density at radius 1 is 1.27 bits per heavy atom. The summed E-state index contributed by atoms with van der Waals surface area (Å²) in [6, 6.07) is 10.4. The van der Waals surface area contributed by atoms with E-state index in [2.05, 4.69) is 52.1 Å². The lowest BCUT2D eigenvalue weighted by Gasteiger charge is -2.11. The Balaban J connectivity index is 2.51. The molecule has 0 unspecified atom stereocenters. The van der Waals surface area contributed by atoms with E-state index in [9.17, 15) is 0 Å². The normalized spacial score (nSPS) is 10.5. The van der Waals surface area contributed by atoms with E-state index in [-0.39, 0.29) is 0 Å². The first-order chi connectivity index (χ1) is 5.33. The van der Waals surface area contributed by atoms with Crippen LogP contribution in [-0.4, -0.2) is 17.4 Å². The van der Waals surface area contributed by atoms with Crippen LogP contribution in [0.3, 0.4) is 0 Å². The van der Waals surface area contributed by atoms with Gasteiger partial charge in [-0.05, 0) is 12.6 Å². The lowest BCUT2D eigenvalue weighted by Crippen LogP contribution is -2.14. The molecule has 0 aliphatic carbocycles. The molecule has 60 valence electrons. The number of rotatable bonds is 3. The summed E-state index contributed by atoms with van der Waals surface area (Å²) in [7, 11) is 2.09. The maximum absolute atomic E-state index is 3.40. The van der Waals surface area contributed by atoms with Crippen LogP contribution in [0.4, 0.5) is 0 Å². The van der Waals surface area contributed by atoms with E-state index in [4.69, 9.17) is 0 Å². The first kappa shape index (κ1) is 8.75. The number of hydrogen-bond acceptors (Lipinski definition) is 1. The van der Waals surface area contributed by atoms with Gasteiger partial charge in [-0.1, -0.05) is 46.3 Å². The molecule has 0 bridgehead atoms. The molecule has 0 spiro atoms. The van der Waals surface area contributed by atoms with Crippen LogP contribution >= 0.6 is 15.9 Å². The monoisotopic (exact) mass is 213 g/mol. The molecule has 1 aromatic rings. The number of alkyl halides is 1. The van der Waals surface area contributed by atoms with Crippen molar-refractivity contribution in [2.24, 2.45) is 0 Å². The quantitative estimate of drug-likeness (QED) is 0.551. The third-order valence-electron chi connectivity index (χ3n) is 1.50. The minimum Gasteiger partial charge on any atom is -0.292 e. The van der Waals surface area contributed by atoms with Crippen LogP contribution in [0.1, 0.15) is 5.56 Å². The highest BCUT2D eigenvalue weighted by atomic mass is 79.9. The number of benzene rings is 1. The van der Waals surface area contributed by atoms with Gasteiger partial charge in [0, 0.05) is 6.54 Å². The van der Waals surface area contributed by atoms with Crippen LogP contribution in [-0.2, 0) is 6.54 Å². The zero-order valence-corrected chi connectivity index (χ0v) is 8.21. The maximum atomic E-state index is 3.40. The summed E-state index contributed by atoms with van der Waals surface area (Å²) < 4.78 is 0. The first-order valence-corrected chi connectivity index (χ1v) is 4.73. The highest BCUT2D eigenvalue weighted by Crippen LogP contribution is 2.02. The molecular formula is C9H12BrN. The molecule has 2 heteroatoms. The van der Waals surface area contributed by atoms with Crippen molar-refractivity contribution in [1.82, 2.24) is 4.90 Å². The molecule has 11 heavy (non-hydrogen) atoms. The summed E-state index contributed by atoms with van der Waals surface area (Å²) >= 11 is 3.40. The fourth-order valence-corrected chi connectivity index (χ4v) is 1.11. The third kappa shape index (κ3) is 3.04. The highest BCUT2D eigenvalue weighted by Gasteiger charge is 1.95. The van der Waals surface area contributed by atoms with Crippen LogP contribution < -0.4 is 0 Å². The van der Waals surface area contributed by atoms with Crippen molar-refractivity contribution in [3.05, 3.63) is 35.9 Å². The zero-order chi connectivity index (χ0) is 8.10. The average Bonchev–Trinajstić information content (AvgIpc) is 2.06. The Hall–Kier alpha value is -0.340. The van der Waals surface area contributed by atoms with Crippen molar-refractivity contribution in [1.29, 1.82) is 0 Å². The van der Waals surface area contributed by atoms with E-state index in [1.807, 2.05) is 6.07 Å². The summed E-state index contributed by atoms with van der Waals surface area (Å²) in [5.74, 6) is 0. The number of halogens is 1. The molecule has 0 amide bonds. The molecule has 0 radical (unpaired) electrons. The van der Waals surface area contributed by atoms with Crippen molar-refractivity contribution in [3.8, 4) is 0 Å². The molecule has 1 rings (SSSR count). The highest BCUT2D eigenvalue weighted by molar-refractivity contribution is 9.09. The molecular weight excluding hydrogens is 202 g/mol. The Morgan fingerprint density at radius 2 is 1.91 bits per heavy atom. The van der Waals surface area contributed by atoms with Crippen molar-refractivity contribution in [2.45, 2.75) is 6.54 Å². The van der Waals surface area contributed by atoms with Gasteiger partial charge in [0.25, 0.3) is 0 Å². The Labute approximate surface area is 76.2 Å². The molecule has 1 aromatic carbocycles. The average molecular weight is 214 g/mol. The van der Waals surface area contributed by atoms with Gasteiger partial charge >= 0.3 is 0 Å².